The highest BCUT2D eigenvalue weighted by molar-refractivity contribution is 5.96. The minimum Gasteiger partial charge on any atom is -0.464 e. The number of amides is 1. The zero-order chi connectivity index (χ0) is 22.5. The molecule has 0 saturated heterocycles. The fourth-order valence-electron chi connectivity index (χ4n) is 3.29. The van der Waals surface area contributed by atoms with Gasteiger partial charge in [0, 0.05) is 36.8 Å². The number of carbonyl (C=O) groups excluding carboxylic acids is 1. The Kier molecular flexibility index (Phi) is 6.23. The Hall–Kier alpha value is -4.04. The molecule has 0 radical (unpaired) electrons. The van der Waals surface area contributed by atoms with Crippen molar-refractivity contribution in [2.45, 2.75) is 13.1 Å². The number of aromatic nitrogens is 2. The highest BCUT2D eigenvalue weighted by Gasteiger charge is 2.13. The van der Waals surface area contributed by atoms with Crippen LogP contribution in [0, 0.1) is 5.82 Å². The number of furan rings is 1. The van der Waals surface area contributed by atoms with E-state index in [4.69, 9.17) is 10.2 Å². The zero-order valence-corrected chi connectivity index (χ0v) is 17.4. The predicted octanol–water partition coefficient (Wildman–Crippen LogP) is 3.77. The molecule has 4 N–H and O–H groups in total. The molecular formula is C24H22FN5O2. The van der Waals surface area contributed by atoms with Crippen LogP contribution in [0.25, 0.3) is 22.6 Å². The van der Waals surface area contributed by atoms with E-state index in [0.717, 1.165) is 11.1 Å². The van der Waals surface area contributed by atoms with Gasteiger partial charge in [-0.15, -0.1) is 0 Å². The maximum Gasteiger partial charge on any atom is 0.273 e. The lowest BCUT2D eigenvalue weighted by molar-refractivity contribution is 0.0959. The van der Waals surface area contributed by atoms with Gasteiger partial charge in [-0.3, -0.25) is 4.79 Å². The normalized spacial score (nSPS) is 10.8. The smallest absolute Gasteiger partial charge is 0.273 e. The minimum atomic E-state index is -0.394. The lowest BCUT2D eigenvalue weighted by Gasteiger charge is -2.10. The summed E-state index contributed by atoms with van der Waals surface area (Å²) < 4.78 is 19.8. The molecule has 8 heteroatoms. The van der Waals surface area contributed by atoms with Gasteiger partial charge in [-0.2, -0.15) is 0 Å². The van der Waals surface area contributed by atoms with E-state index in [1.54, 1.807) is 24.5 Å². The van der Waals surface area contributed by atoms with Crippen LogP contribution in [0.4, 0.5) is 10.2 Å². The molecule has 0 fully saturated rings. The van der Waals surface area contributed by atoms with Gasteiger partial charge in [0.2, 0.25) is 0 Å². The topological polar surface area (TPSA) is 106 Å². The number of nitrogen functional groups attached to an aromatic ring is 1. The summed E-state index contributed by atoms with van der Waals surface area (Å²) in [6.45, 7) is 0.898. The Morgan fingerprint density at radius 2 is 1.97 bits per heavy atom. The van der Waals surface area contributed by atoms with Crippen molar-refractivity contribution in [1.82, 2.24) is 20.6 Å². The van der Waals surface area contributed by atoms with Crippen molar-refractivity contribution < 1.29 is 13.6 Å². The largest absolute Gasteiger partial charge is 0.464 e. The monoisotopic (exact) mass is 431 g/mol. The Morgan fingerprint density at radius 1 is 1.09 bits per heavy atom. The third kappa shape index (κ3) is 4.65. The molecule has 4 aromatic rings. The Balaban J connectivity index is 1.44. The van der Waals surface area contributed by atoms with Crippen molar-refractivity contribution >= 4 is 11.7 Å². The second kappa shape index (κ2) is 9.40. The second-order valence-corrected chi connectivity index (χ2v) is 7.16. The molecule has 32 heavy (non-hydrogen) atoms. The lowest BCUT2D eigenvalue weighted by Crippen LogP contribution is -2.21. The average molecular weight is 431 g/mol. The second-order valence-electron chi connectivity index (χ2n) is 7.16. The van der Waals surface area contributed by atoms with Crippen LogP contribution in [-0.2, 0) is 13.1 Å². The number of hydrogen-bond acceptors (Lipinski definition) is 6. The van der Waals surface area contributed by atoms with Crippen LogP contribution in [-0.4, -0.2) is 22.9 Å². The molecule has 7 nitrogen and oxygen atoms in total. The summed E-state index contributed by atoms with van der Waals surface area (Å²) in [6, 6.07) is 16.3. The van der Waals surface area contributed by atoms with Crippen LogP contribution in [0.5, 0.6) is 0 Å². The van der Waals surface area contributed by atoms with E-state index in [1.165, 1.54) is 19.3 Å². The van der Waals surface area contributed by atoms with Gasteiger partial charge in [0.25, 0.3) is 5.91 Å². The molecule has 0 aliphatic carbocycles. The number of halogens is 1. The zero-order valence-electron chi connectivity index (χ0n) is 17.4. The number of benzene rings is 2. The Bertz CT molecular complexity index is 1240. The molecule has 0 aliphatic rings. The number of hydrogen-bond donors (Lipinski definition) is 3. The molecule has 1 amide bonds. The van der Waals surface area contributed by atoms with E-state index in [0.29, 0.717) is 35.7 Å². The van der Waals surface area contributed by atoms with Gasteiger partial charge in [-0.1, -0.05) is 30.3 Å². The molecule has 162 valence electrons. The lowest BCUT2D eigenvalue weighted by atomic mass is 10.1. The standard InChI is InChI=1S/C24H22FN5O2/c1-27-24(31)22-23(26)29-14-20(30-22)16-5-2-4-15(10-16)12-28-13-18-8-7-17(11-19(18)25)21-6-3-9-32-21/h2-11,14,28H,12-13H2,1H3,(H2,26,29)(H,27,31). The summed E-state index contributed by atoms with van der Waals surface area (Å²) in [5.41, 5.74) is 9.44. The first-order chi connectivity index (χ1) is 15.5. The molecule has 4 rings (SSSR count). The minimum absolute atomic E-state index is 0.0750. The van der Waals surface area contributed by atoms with Gasteiger partial charge in [-0.25, -0.2) is 14.4 Å². The molecule has 0 atom stereocenters. The summed E-state index contributed by atoms with van der Waals surface area (Å²) in [5, 5.41) is 5.76. The predicted molar refractivity (Wildman–Crippen MR) is 120 cm³/mol. The molecule has 2 heterocycles. The van der Waals surface area contributed by atoms with Gasteiger partial charge in [0.15, 0.2) is 11.5 Å². The SMILES string of the molecule is CNC(=O)c1nc(-c2cccc(CNCc3ccc(-c4ccco4)cc3F)c2)cnc1N. The number of nitrogens with one attached hydrogen (secondary N) is 2. The summed E-state index contributed by atoms with van der Waals surface area (Å²) in [5.74, 6) is 0.0189. The van der Waals surface area contributed by atoms with Crippen molar-refractivity contribution in [1.29, 1.82) is 0 Å². The summed E-state index contributed by atoms with van der Waals surface area (Å²) in [4.78, 5) is 20.4. The molecule has 2 aromatic heterocycles. The number of anilines is 1. The maximum absolute atomic E-state index is 14.5. The molecular weight excluding hydrogens is 409 g/mol. The summed E-state index contributed by atoms with van der Waals surface area (Å²) in [7, 11) is 1.51. The Morgan fingerprint density at radius 3 is 2.72 bits per heavy atom. The molecule has 0 unspecified atom stereocenters. The number of carbonyl (C=O) groups is 1. The molecule has 0 bridgehead atoms. The Labute approximate surface area is 184 Å². The first-order valence-corrected chi connectivity index (χ1v) is 10.0. The van der Waals surface area contributed by atoms with Crippen molar-refractivity contribution in [2.75, 3.05) is 12.8 Å². The molecule has 2 aromatic carbocycles. The van der Waals surface area contributed by atoms with E-state index in [2.05, 4.69) is 20.6 Å². The van der Waals surface area contributed by atoms with Crippen LogP contribution in [0.3, 0.4) is 0 Å². The van der Waals surface area contributed by atoms with E-state index in [-0.39, 0.29) is 17.3 Å². The van der Waals surface area contributed by atoms with Gasteiger partial charge in [0.05, 0.1) is 18.2 Å². The van der Waals surface area contributed by atoms with Crippen molar-refractivity contribution in [3.05, 3.63) is 89.7 Å². The van der Waals surface area contributed by atoms with Gasteiger partial charge < -0.3 is 20.8 Å². The van der Waals surface area contributed by atoms with Crippen LogP contribution in [0.2, 0.25) is 0 Å². The van der Waals surface area contributed by atoms with Gasteiger partial charge in [0.1, 0.15) is 11.6 Å². The van der Waals surface area contributed by atoms with Gasteiger partial charge in [-0.05, 0) is 29.8 Å². The number of nitrogens with two attached hydrogens (primary N) is 1. The third-order valence-corrected chi connectivity index (χ3v) is 4.97. The maximum atomic E-state index is 14.5. The number of nitrogens with zero attached hydrogens (tertiary/aromatic N) is 2. The van der Waals surface area contributed by atoms with E-state index >= 15 is 0 Å². The van der Waals surface area contributed by atoms with Crippen LogP contribution < -0.4 is 16.4 Å². The van der Waals surface area contributed by atoms with E-state index < -0.39 is 5.91 Å². The molecule has 0 aliphatic heterocycles. The van der Waals surface area contributed by atoms with Crippen molar-refractivity contribution in [3.8, 4) is 22.6 Å². The van der Waals surface area contributed by atoms with Crippen molar-refractivity contribution in [3.63, 3.8) is 0 Å². The third-order valence-electron chi connectivity index (χ3n) is 4.97. The first-order valence-electron chi connectivity index (χ1n) is 10.0. The highest BCUT2D eigenvalue weighted by Crippen LogP contribution is 2.23. The van der Waals surface area contributed by atoms with E-state index in [9.17, 15) is 9.18 Å². The van der Waals surface area contributed by atoms with Gasteiger partial charge >= 0.3 is 0 Å². The number of rotatable bonds is 7. The van der Waals surface area contributed by atoms with Crippen LogP contribution >= 0.6 is 0 Å². The first kappa shape index (κ1) is 21.2. The summed E-state index contributed by atoms with van der Waals surface area (Å²) in [6.07, 6.45) is 3.09. The van der Waals surface area contributed by atoms with Crippen molar-refractivity contribution in [2.24, 2.45) is 0 Å². The summed E-state index contributed by atoms with van der Waals surface area (Å²) >= 11 is 0. The fourth-order valence-corrected chi connectivity index (χ4v) is 3.29. The average Bonchev–Trinajstić information content (AvgIpc) is 3.35. The molecule has 0 spiro atoms. The highest BCUT2D eigenvalue weighted by atomic mass is 19.1. The molecule has 0 saturated carbocycles. The van der Waals surface area contributed by atoms with E-state index in [1.807, 2.05) is 30.3 Å². The van der Waals surface area contributed by atoms with Crippen LogP contribution in [0.15, 0.2) is 71.5 Å². The fraction of sp³-hybridized carbons (Fsp3) is 0.125. The quantitative estimate of drug-likeness (QED) is 0.411. The van der Waals surface area contributed by atoms with Crippen LogP contribution in [0.1, 0.15) is 21.6 Å².